The van der Waals surface area contributed by atoms with Gasteiger partial charge in [-0.3, -0.25) is 0 Å². The zero-order valence-electron chi connectivity index (χ0n) is 14.6. The van der Waals surface area contributed by atoms with E-state index in [2.05, 4.69) is 15.5 Å². The van der Waals surface area contributed by atoms with Crippen molar-refractivity contribution < 1.29 is 14.1 Å². The summed E-state index contributed by atoms with van der Waals surface area (Å²) in [5.41, 5.74) is 0.831. The van der Waals surface area contributed by atoms with E-state index < -0.39 is 0 Å². The molecule has 1 N–H and O–H groups in total. The number of benzene rings is 1. The highest BCUT2D eigenvalue weighted by atomic mass is 16.5. The molecule has 2 aromatic rings. The van der Waals surface area contributed by atoms with Crippen molar-refractivity contribution in [3.63, 3.8) is 0 Å². The van der Waals surface area contributed by atoms with Crippen LogP contribution < -0.4 is 10.1 Å². The number of rotatable bonds is 7. The second kappa shape index (κ2) is 8.33. The molecule has 0 atom stereocenters. The molecule has 1 aromatic carbocycles. The molecule has 0 radical (unpaired) electrons. The van der Waals surface area contributed by atoms with Gasteiger partial charge in [-0.25, -0.2) is 4.79 Å². The lowest BCUT2D eigenvalue weighted by atomic mass is 10.2. The predicted molar refractivity (Wildman–Crippen MR) is 90.7 cm³/mol. The van der Waals surface area contributed by atoms with Crippen molar-refractivity contribution in [1.29, 1.82) is 0 Å². The molecule has 0 saturated heterocycles. The van der Waals surface area contributed by atoms with Crippen LogP contribution in [0.1, 0.15) is 33.1 Å². The number of amides is 2. The third-order valence-electron chi connectivity index (χ3n) is 3.53. The average molecular weight is 332 g/mol. The van der Waals surface area contributed by atoms with Crippen molar-refractivity contribution in [2.45, 2.75) is 39.8 Å². The summed E-state index contributed by atoms with van der Waals surface area (Å²) in [6.45, 7) is 6.83. The van der Waals surface area contributed by atoms with Crippen LogP contribution in [0.25, 0.3) is 11.4 Å². The van der Waals surface area contributed by atoms with Crippen molar-refractivity contribution in [2.24, 2.45) is 0 Å². The number of carbonyl (C=O) groups excluding carboxylic acids is 1. The summed E-state index contributed by atoms with van der Waals surface area (Å²) in [5.74, 6) is 1.66. The Morgan fingerprint density at radius 3 is 2.62 bits per heavy atom. The quantitative estimate of drug-likeness (QED) is 0.843. The Morgan fingerprint density at radius 2 is 2.04 bits per heavy atom. The van der Waals surface area contributed by atoms with Gasteiger partial charge in [0.05, 0.1) is 7.11 Å². The SMILES string of the molecule is CCCNC(=O)N(Cc1nc(-c2ccc(OC)cc2)no1)C(C)C. The van der Waals surface area contributed by atoms with Gasteiger partial charge in [-0.15, -0.1) is 0 Å². The third-order valence-corrected chi connectivity index (χ3v) is 3.53. The zero-order chi connectivity index (χ0) is 17.5. The minimum Gasteiger partial charge on any atom is -0.497 e. The van der Waals surface area contributed by atoms with Crippen LogP contribution >= 0.6 is 0 Å². The zero-order valence-corrected chi connectivity index (χ0v) is 14.6. The lowest BCUT2D eigenvalue weighted by Gasteiger charge is -2.25. The summed E-state index contributed by atoms with van der Waals surface area (Å²) in [5, 5.41) is 6.86. The average Bonchev–Trinajstić information content (AvgIpc) is 3.06. The fourth-order valence-electron chi connectivity index (χ4n) is 2.14. The van der Waals surface area contributed by atoms with Gasteiger partial charge in [0.2, 0.25) is 11.7 Å². The van der Waals surface area contributed by atoms with E-state index in [0.29, 0.717) is 18.3 Å². The van der Waals surface area contributed by atoms with Crippen molar-refractivity contribution >= 4 is 6.03 Å². The smallest absolute Gasteiger partial charge is 0.318 e. The maximum atomic E-state index is 12.2. The summed E-state index contributed by atoms with van der Waals surface area (Å²) >= 11 is 0. The highest BCUT2D eigenvalue weighted by molar-refractivity contribution is 5.74. The van der Waals surface area contributed by atoms with E-state index in [1.165, 1.54) is 0 Å². The molecule has 0 saturated carbocycles. The van der Waals surface area contributed by atoms with Crippen molar-refractivity contribution in [2.75, 3.05) is 13.7 Å². The first-order valence-electron chi connectivity index (χ1n) is 8.06. The van der Waals surface area contributed by atoms with Crippen LogP contribution in [0.2, 0.25) is 0 Å². The Labute approximate surface area is 142 Å². The second-order valence-electron chi connectivity index (χ2n) is 5.69. The molecule has 130 valence electrons. The Hall–Kier alpha value is -2.57. The molecule has 2 amide bonds. The predicted octanol–water partition coefficient (Wildman–Crippen LogP) is 3.08. The lowest BCUT2D eigenvalue weighted by molar-refractivity contribution is 0.169. The standard InChI is InChI=1S/C17H24N4O3/c1-5-10-18-17(22)21(12(2)3)11-15-19-16(20-24-15)13-6-8-14(23-4)9-7-13/h6-9,12H,5,10-11H2,1-4H3,(H,18,22). The number of urea groups is 1. The van der Waals surface area contributed by atoms with Gasteiger partial charge < -0.3 is 19.5 Å². The first-order chi connectivity index (χ1) is 11.5. The van der Waals surface area contributed by atoms with E-state index in [4.69, 9.17) is 9.26 Å². The summed E-state index contributed by atoms with van der Waals surface area (Å²) < 4.78 is 10.4. The normalized spacial score (nSPS) is 10.7. The number of aromatic nitrogens is 2. The maximum absolute atomic E-state index is 12.2. The van der Waals surface area contributed by atoms with Crippen LogP contribution in [0.3, 0.4) is 0 Å². The Morgan fingerprint density at radius 1 is 1.33 bits per heavy atom. The molecule has 7 nitrogen and oxygen atoms in total. The minimum atomic E-state index is -0.129. The minimum absolute atomic E-state index is 0.0261. The number of hydrogen-bond acceptors (Lipinski definition) is 5. The molecule has 0 spiro atoms. The number of nitrogens with one attached hydrogen (secondary N) is 1. The van der Waals surface area contributed by atoms with Crippen molar-refractivity contribution in [1.82, 2.24) is 20.4 Å². The molecule has 0 aliphatic carbocycles. The van der Waals surface area contributed by atoms with E-state index >= 15 is 0 Å². The summed E-state index contributed by atoms with van der Waals surface area (Å²) in [4.78, 5) is 18.3. The van der Waals surface area contributed by atoms with E-state index in [1.807, 2.05) is 45.0 Å². The topological polar surface area (TPSA) is 80.5 Å². The van der Waals surface area contributed by atoms with Gasteiger partial charge in [0, 0.05) is 18.2 Å². The number of hydrogen-bond donors (Lipinski definition) is 1. The van der Waals surface area contributed by atoms with E-state index in [-0.39, 0.29) is 18.6 Å². The monoisotopic (exact) mass is 332 g/mol. The molecule has 24 heavy (non-hydrogen) atoms. The van der Waals surface area contributed by atoms with Crippen LogP contribution in [-0.4, -0.2) is 40.8 Å². The van der Waals surface area contributed by atoms with Gasteiger partial charge in [-0.2, -0.15) is 4.98 Å². The highest BCUT2D eigenvalue weighted by Gasteiger charge is 2.20. The molecular formula is C17H24N4O3. The fraction of sp³-hybridized carbons (Fsp3) is 0.471. The lowest BCUT2D eigenvalue weighted by Crippen LogP contribution is -2.43. The van der Waals surface area contributed by atoms with Crippen LogP contribution in [0, 0.1) is 0 Å². The Bertz CT molecular complexity index is 652. The molecule has 0 unspecified atom stereocenters. The van der Waals surface area contributed by atoms with E-state index in [0.717, 1.165) is 17.7 Å². The molecular weight excluding hydrogens is 308 g/mol. The Kier molecular flexibility index (Phi) is 6.17. The van der Waals surface area contributed by atoms with Gasteiger partial charge in [0.1, 0.15) is 12.3 Å². The van der Waals surface area contributed by atoms with Crippen LogP contribution in [-0.2, 0) is 6.54 Å². The Balaban J connectivity index is 2.09. The number of methoxy groups -OCH3 is 1. The number of ether oxygens (including phenoxy) is 1. The number of carbonyl (C=O) groups is 1. The molecule has 1 aromatic heterocycles. The summed E-state index contributed by atoms with van der Waals surface area (Å²) in [7, 11) is 1.62. The molecule has 0 bridgehead atoms. The summed E-state index contributed by atoms with van der Waals surface area (Å²) in [6.07, 6.45) is 0.889. The molecule has 0 fully saturated rings. The maximum Gasteiger partial charge on any atom is 0.318 e. The van der Waals surface area contributed by atoms with Gasteiger partial charge in [0.15, 0.2) is 0 Å². The number of nitrogens with zero attached hydrogens (tertiary/aromatic N) is 3. The second-order valence-corrected chi connectivity index (χ2v) is 5.69. The van der Waals surface area contributed by atoms with Gasteiger partial charge in [0.25, 0.3) is 0 Å². The molecule has 1 heterocycles. The van der Waals surface area contributed by atoms with Crippen molar-refractivity contribution in [3.8, 4) is 17.1 Å². The van der Waals surface area contributed by atoms with Gasteiger partial charge in [-0.05, 0) is 44.5 Å². The van der Waals surface area contributed by atoms with Gasteiger partial charge >= 0.3 is 6.03 Å². The molecule has 0 aliphatic heterocycles. The molecule has 0 aliphatic rings. The van der Waals surface area contributed by atoms with Crippen LogP contribution in [0.4, 0.5) is 4.79 Å². The first-order valence-corrected chi connectivity index (χ1v) is 8.06. The van der Waals surface area contributed by atoms with Gasteiger partial charge in [-0.1, -0.05) is 12.1 Å². The largest absolute Gasteiger partial charge is 0.497 e. The van der Waals surface area contributed by atoms with E-state index in [1.54, 1.807) is 12.0 Å². The molecule has 7 heteroatoms. The van der Waals surface area contributed by atoms with E-state index in [9.17, 15) is 4.79 Å². The van der Waals surface area contributed by atoms with Crippen LogP contribution in [0.15, 0.2) is 28.8 Å². The highest BCUT2D eigenvalue weighted by Crippen LogP contribution is 2.20. The third kappa shape index (κ3) is 4.47. The fourth-order valence-corrected chi connectivity index (χ4v) is 2.14. The van der Waals surface area contributed by atoms with Crippen molar-refractivity contribution in [3.05, 3.63) is 30.2 Å². The van der Waals surface area contributed by atoms with Crippen LogP contribution in [0.5, 0.6) is 5.75 Å². The summed E-state index contributed by atoms with van der Waals surface area (Å²) in [6, 6.07) is 7.30. The first kappa shape index (κ1) is 17.8. The molecule has 2 rings (SSSR count).